The van der Waals surface area contributed by atoms with Crippen molar-refractivity contribution in [1.82, 2.24) is 14.9 Å². The first-order valence-corrected chi connectivity index (χ1v) is 7.24. The summed E-state index contributed by atoms with van der Waals surface area (Å²) in [4.78, 5) is 22.7. The van der Waals surface area contributed by atoms with E-state index in [9.17, 15) is 14.7 Å². The Labute approximate surface area is 138 Å². The fraction of sp³-hybridized carbons (Fsp3) is 0.312. The second-order valence-corrected chi connectivity index (χ2v) is 5.28. The number of nitrogens with zero attached hydrogens (tertiary/aromatic N) is 4. The van der Waals surface area contributed by atoms with Gasteiger partial charge in [0.1, 0.15) is 11.6 Å². The number of phenolic OH excluding ortho intramolecular Hbond substituents is 1. The number of ketones is 2. The fourth-order valence-electron chi connectivity index (χ4n) is 2.06. The van der Waals surface area contributed by atoms with Crippen molar-refractivity contribution in [2.45, 2.75) is 26.7 Å². The summed E-state index contributed by atoms with van der Waals surface area (Å²) in [6.07, 6.45) is 1.61. The van der Waals surface area contributed by atoms with Gasteiger partial charge in [0.25, 0.3) is 0 Å². The topological polar surface area (TPSA) is 107 Å². The standard InChI is InChI=1S/C16H18N4O4/c1-10(21)6-15-18-19-16(7-11(2)22)20(15)17-9-12-4-5-14(24-3)13(23)8-12/h4-5,8-9,23H,6-7H2,1-3H3/b17-9-. The monoisotopic (exact) mass is 330 g/mol. The molecule has 126 valence electrons. The maximum Gasteiger partial charge on any atom is 0.161 e. The van der Waals surface area contributed by atoms with Gasteiger partial charge < -0.3 is 9.84 Å². The van der Waals surface area contributed by atoms with Crippen molar-refractivity contribution in [3.05, 3.63) is 35.4 Å². The molecule has 0 bridgehead atoms. The van der Waals surface area contributed by atoms with Gasteiger partial charge in [-0.25, -0.2) is 4.68 Å². The molecule has 1 heterocycles. The highest BCUT2D eigenvalue weighted by Crippen LogP contribution is 2.25. The fourth-order valence-corrected chi connectivity index (χ4v) is 2.06. The van der Waals surface area contributed by atoms with Crippen LogP contribution in [0.5, 0.6) is 11.5 Å². The number of methoxy groups -OCH3 is 1. The molecule has 8 heteroatoms. The summed E-state index contributed by atoms with van der Waals surface area (Å²) < 4.78 is 6.36. The van der Waals surface area contributed by atoms with Crippen molar-refractivity contribution in [1.29, 1.82) is 0 Å². The summed E-state index contributed by atoms with van der Waals surface area (Å²) in [6, 6.07) is 4.81. The number of carbonyl (C=O) groups excluding carboxylic acids is 2. The van der Waals surface area contributed by atoms with Crippen LogP contribution < -0.4 is 4.74 Å². The molecule has 0 aliphatic carbocycles. The second kappa shape index (κ2) is 7.49. The van der Waals surface area contributed by atoms with E-state index in [1.165, 1.54) is 37.9 Å². The maximum atomic E-state index is 11.3. The van der Waals surface area contributed by atoms with Gasteiger partial charge in [0, 0.05) is 0 Å². The van der Waals surface area contributed by atoms with Crippen LogP contribution in [0.2, 0.25) is 0 Å². The Morgan fingerprint density at radius 3 is 2.25 bits per heavy atom. The van der Waals surface area contributed by atoms with Crippen molar-refractivity contribution in [3.63, 3.8) is 0 Å². The Balaban J connectivity index is 2.35. The minimum Gasteiger partial charge on any atom is -0.504 e. The lowest BCUT2D eigenvalue weighted by molar-refractivity contribution is -0.117. The molecule has 0 unspecified atom stereocenters. The van der Waals surface area contributed by atoms with Crippen molar-refractivity contribution in [3.8, 4) is 11.5 Å². The molecular formula is C16H18N4O4. The van der Waals surface area contributed by atoms with E-state index in [2.05, 4.69) is 15.3 Å². The SMILES string of the molecule is COc1ccc(/C=N\n2c(CC(C)=O)nnc2CC(C)=O)cc1O. The van der Waals surface area contributed by atoms with Gasteiger partial charge >= 0.3 is 0 Å². The molecular weight excluding hydrogens is 312 g/mol. The van der Waals surface area contributed by atoms with E-state index in [-0.39, 0.29) is 30.2 Å². The van der Waals surface area contributed by atoms with Crippen LogP contribution in [0, 0.1) is 0 Å². The minimum absolute atomic E-state index is 0.0156. The van der Waals surface area contributed by atoms with E-state index < -0.39 is 0 Å². The van der Waals surface area contributed by atoms with Crippen LogP contribution in [0.4, 0.5) is 0 Å². The number of rotatable bonds is 7. The normalized spacial score (nSPS) is 11.0. The zero-order valence-electron chi connectivity index (χ0n) is 13.7. The van der Waals surface area contributed by atoms with Gasteiger partial charge in [-0.3, -0.25) is 9.59 Å². The predicted molar refractivity (Wildman–Crippen MR) is 86.4 cm³/mol. The van der Waals surface area contributed by atoms with Gasteiger partial charge in [-0.2, -0.15) is 5.10 Å². The van der Waals surface area contributed by atoms with Crippen molar-refractivity contribution >= 4 is 17.8 Å². The number of ether oxygens (including phenoxy) is 1. The summed E-state index contributed by atoms with van der Waals surface area (Å²) >= 11 is 0. The number of phenols is 1. The van der Waals surface area contributed by atoms with Gasteiger partial charge in [-0.1, -0.05) is 0 Å². The molecule has 1 aromatic carbocycles. The van der Waals surface area contributed by atoms with E-state index in [0.717, 1.165) is 0 Å². The van der Waals surface area contributed by atoms with Crippen molar-refractivity contribution in [2.24, 2.45) is 5.10 Å². The molecule has 0 aliphatic heterocycles. The van der Waals surface area contributed by atoms with E-state index >= 15 is 0 Å². The summed E-state index contributed by atoms with van der Waals surface area (Å²) in [5.74, 6) is 0.871. The Hall–Kier alpha value is -3.03. The maximum absolute atomic E-state index is 11.3. The molecule has 0 spiro atoms. The summed E-state index contributed by atoms with van der Waals surface area (Å²) in [7, 11) is 1.46. The van der Waals surface area contributed by atoms with Crippen LogP contribution in [-0.2, 0) is 22.4 Å². The lowest BCUT2D eigenvalue weighted by atomic mass is 10.2. The number of hydrogen-bond donors (Lipinski definition) is 1. The van der Waals surface area contributed by atoms with Crippen LogP contribution in [-0.4, -0.2) is 44.9 Å². The number of aromatic hydroxyl groups is 1. The number of carbonyl (C=O) groups is 2. The molecule has 0 saturated carbocycles. The quantitative estimate of drug-likeness (QED) is 0.763. The Morgan fingerprint density at radius 2 is 1.79 bits per heavy atom. The molecule has 1 aromatic heterocycles. The number of Topliss-reactive ketones (excluding diaryl/α,β-unsaturated/α-hetero) is 2. The summed E-state index contributed by atoms with van der Waals surface area (Å²) in [5.41, 5.74) is 0.615. The molecule has 2 aromatic rings. The van der Waals surface area contributed by atoms with Crippen LogP contribution in [0.1, 0.15) is 31.1 Å². The predicted octanol–water partition coefficient (Wildman–Crippen LogP) is 1.14. The number of hydrogen-bond acceptors (Lipinski definition) is 7. The zero-order valence-corrected chi connectivity index (χ0v) is 13.7. The van der Waals surface area contributed by atoms with Crippen LogP contribution in [0.25, 0.3) is 0 Å². The van der Waals surface area contributed by atoms with Crippen LogP contribution in [0.15, 0.2) is 23.3 Å². The van der Waals surface area contributed by atoms with Gasteiger partial charge in [-0.05, 0) is 37.6 Å². The van der Waals surface area contributed by atoms with Gasteiger partial charge in [-0.15, -0.1) is 10.2 Å². The van der Waals surface area contributed by atoms with E-state index in [4.69, 9.17) is 4.74 Å². The first-order valence-electron chi connectivity index (χ1n) is 7.24. The Morgan fingerprint density at radius 1 is 1.21 bits per heavy atom. The molecule has 0 aliphatic rings. The molecule has 24 heavy (non-hydrogen) atoms. The highest BCUT2D eigenvalue weighted by molar-refractivity contribution is 5.81. The lowest BCUT2D eigenvalue weighted by Gasteiger charge is -2.04. The van der Waals surface area contributed by atoms with E-state index in [0.29, 0.717) is 23.0 Å². The van der Waals surface area contributed by atoms with Crippen molar-refractivity contribution in [2.75, 3.05) is 7.11 Å². The second-order valence-electron chi connectivity index (χ2n) is 5.28. The lowest BCUT2D eigenvalue weighted by Crippen LogP contribution is -2.09. The molecule has 0 fully saturated rings. The largest absolute Gasteiger partial charge is 0.504 e. The van der Waals surface area contributed by atoms with Crippen LogP contribution >= 0.6 is 0 Å². The van der Waals surface area contributed by atoms with E-state index in [1.54, 1.807) is 12.1 Å². The number of aromatic nitrogens is 3. The Kier molecular flexibility index (Phi) is 5.41. The molecule has 8 nitrogen and oxygen atoms in total. The van der Waals surface area contributed by atoms with Gasteiger partial charge in [0.05, 0.1) is 26.2 Å². The summed E-state index contributed by atoms with van der Waals surface area (Å²) in [5, 5.41) is 21.9. The molecule has 0 atom stereocenters. The minimum atomic E-state index is -0.0877. The highest BCUT2D eigenvalue weighted by Gasteiger charge is 2.14. The summed E-state index contributed by atoms with van der Waals surface area (Å²) in [6.45, 7) is 2.88. The molecule has 0 radical (unpaired) electrons. The number of benzene rings is 1. The molecule has 1 N–H and O–H groups in total. The third-order valence-corrected chi connectivity index (χ3v) is 3.11. The molecule has 0 amide bonds. The van der Waals surface area contributed by atoms with E-state index in [1.807, 2.05) is 0 Å². The Bertz CT molecular complexity index is 762. The first kappa shape index (κ1) is 17.3. The van der Waals surface area contributed by atoms with Crippen LogP contribution in [0.3, 0.4) is 0 Å². The highest BCUT2D eigenvalue weighted by atomic mass is 16.5. The zero-order chi connectivity index (χ0) is 17.7. The molecule has 0 saturated heterocycles. The third kappa shape index (κ3) is 4.25. The van der Waals surface area contributed by atoms with Gasteiger partial charge in [0.2, 0.25) is 0 Å². The molecule has 2 rings (SSSR count). The van der Waals surface area contributed by atoms with Crippen molar-refractivity contribution < 1.29 is 19.4 Å². The average molecular weight is 330 g/mol. The third-order valence-electron chi connectivity index (χ3n) is 3.11. The van der Waals surface area contributed by atoms with Gasteiger partial charge in [0.15, 0.2) is 23.1 Å². The average Bonchev–Trinajstić information content (AvgIpc) is 2.85. The smallest absolute Gasteiger partial charge is 0.161 e. The first-order chi connectivity index (χ1) is 11.4.